The third-order valence-corrected chi connectivity index (χ3v) is 5.90. The first-order valence-corrected chi connectivity index (χ1v) is 9.46. The predicted molar refractivity (Wildman–Crippen MR) is 96.8 cm³/mol. The van der Waals surface area contributed by atoms with Gasteiger partial charge in [0.25, 0.3) is 11.8 Å². The van der Waals surface area contributed by atoms with E-state index in [2.05, 4.69) is 20.3 Å². The first kappa shape index (κ1) is 23.1. The summed E-state index contributed by atoms with van der Waals surface area (Å²) in [5.41, 5.74) is 5.62. The molecule has 5 N–H and O–H groups in total. The molecule has 1 aromatic rings. The number of aliphatic hydroxyl groups excluding tert-OH is 1. The van der Waals surface area contributed by atoms with Crippen LogP contribution in [0.1, 0.15) is 5.69 Å². The van der Waals surface area contributed by atoms with Crippen molar-refractivity contribution in [2.24, 2.45) is 5.16 Å². The molecule has 14 heteroatoms. The van der Waals surface area contributed by atoms with E-state index >= 15 is 0 Å². The minimum absolute atomic E-state index is 0. The fraction of sp³-hybridized carbons (Fsp3) is 0.357. The number of nitrogen functional groups attached to an aromatic ring is 1. The third kappa shape index (κ3) is 4.21. The maximum absolute atomic E-state index is 12.6. The van der Waals surface area contributed by atoms with E-state index < -0.39 is 35.8 Å². The van der Waals surface area contributed by atoms with Gasteiger partial charge in [-0.2, -0.15) is 0 Å². The van der Waals surface area contributed by atoms with Gasteiger partial charge in [-0.25, -0.2) is 9.78 Å². The molecule has 1 radical (unpaired) electrons. The molecule has 2 aliphatic rings. The SMILES string of the molecule is CO/N=C(\C(=O)NC1C(=O)N2C(C(=O)O)=C(CO)CSC12)c1csc(N)n1.[Ac]. The summed E-state index contributed by atoms with van der Waals surface area (Å²) in [6, 6.07) is -0.935. The molecule has 3 heterocycles. The molecule has 0 aliphatic carbocycles. The maximum Gasteiger partial charge on any atom is 0.352 e. The van der Waals surface area contributed by atoms with E-state index in [0.29, 0.717) is 0 Å². The molecule has 28 heavy (non-hydrogen) atoms. The number of thioether (sulfide) groups is 1. The number of aliphatic carboxylic acids is 1. The van der Waals surface area contributed by atoms with Crippen LogP contribution in [0, 0.1) is 44.1 Å². The largest absolute Gasteiger partial charge is 0.477 e. The third-order valence-electron chi connectivity index (χ3n) is 3.89. The van der Waals surface area contributed by atoms with E-state index in [4.69, 9.17) is 5.73 Å². The van der Waals surface area contributed by atoms with Crippen molar-refractivity contribution in [2.75, 3.05) is 25.2 Å². The summed E-state index contributed by atoms with van der Waals surface area (Å²) in [5, 5.41) is 26.0. The number of β-lactam (4-membered cyclic amide) rings is 1. The van der Waals surface area contributed by atoms with Crippen LogP contribution in [0.4, 0.5) is 5.13 Å². The van der Waals surface area contributed by atoms with Crippen LogP contribution in [0.25, 0.3) is 0 Å². The standard InChI is InChI=1S/C14H15N5O6S2.Ac/c1-25-18-7(6-4-27-14(15)16-6)10(21)17-8-11(22)19-9(13(23)24)5(2-20)3-26-12(8)19;/h4,8,12,20H,2-3H2,1H3,(H2,15,16)(H,17,21)(H,23,24);/b18-7-;. The van der Waals surface area contributed by atoms with Gasteiger partial charge in [-0.05, 0) is 5.57 Å². The summed E-state index contributed by atoms with van der Waals surface area (Å²) >= 11 is 2.37. The Morgan fingerprint density at radius 3 is 2.79 bits per heavy atom. The van der Waals surface area contributed by atoms with Crippen LogP contribution >= 0.6 is 23.1 Å². The van der Waals surface area contributed by atoms with Gasteiger partial charge in [-0.3, -0.25) is 14.5 Å². The molecule has 0 bridgehead atoms. The number of nitrogens with two attached hydrogens (primary N) is 1. The fourth-order valence-corrected chi connectivity index (χ4v) is 4.59. The van der Waals surface area contributed by atoms with Crippen molar-refractivity contribution in [1.82, 2.24) is 15.2 Å². The second-order valence-electron chi connectivity index (χ2n) is 5.47. The van der Waals surface area contributed by atoms with Gasteiger partial charge in [-0.15, -0.1) is 23.1 Å². The number of thiazole rings is 1. The van der Waals surface area contributed by atoms with Crippen molar-refractivity contribution in [3.05, 3.63) is 22.3 Å². The number of hydrogen-bond acceptors (Lipinski definition) is 10. The number of oxime groups is 1. The summed E-state index contributed by atoms with van der Waals surface area (Å²) in [4.78, 5) is 46.2. The minimum atomic E-state index is -1.30. The van der Waals surface area contributed by atoms with E-state index in [1.807, 2.05) is 0 Å². The molecule has 147 valence electrons. The topological polar surface area (TPSA) is 167 Å². The summed E-state index contributed by atoms with van der Waals surface area (Å²) < 4.78 is 0. The molecule has 1 fully saturated rings. The van der Waals surface area contributed by atoms with Crippen molar-refractivity contribution < 1.29 is 73.5 Å². The van der Waals surface area contributed by atoms with Gasteiger partial charge >= 0.3 is 5.97 Å². The number of anilines is 1. The van der Waals surface area contributed by atoms with E-state index in [9.17, 15) is 24.6 Å². The smallest absolute Gasteiger partial charge is 0.352 e. The minimum Gasteiger partial charge on any atom is -0.477 e. The molecule has 11 nitrogen and oxygen atoms in total. The maximum atomic E-state index is 12.6. The Morgan fingerprint density at radius 1 is 1.54 bits per heavy atom. The van der Waals surface area contributed by atoms with Gasteiger partial charge in [0.15, 0.2) is 10.8 Å². The number of carbonyl (C=O) groups is 3. The normalized spacial score (nSPS) is 21.4. The number of nitrogens with zero attached hydrogens (tertiary/aromatic N) is 3. The number of hydrogen-bond donors (Lipinski definition) is 4. The van der Waals surface area contributed by atoms with Gasteiger partial charge in [0.05, 0.1) is 6.61 Å². The Kier molecular flexibility index (Phi) is 7.86. The van der Waals surface area contributed by atoms with Gasteiger partial charge in [-0.1, -0.05) is 5.16 Å². The van der Waals surface area contributed by atoms with Crippen molar-refractivity contribution in [3.63, 3.8) is 0 Å². The zero-order chi connectivity index (χ0) is 19.7. The van der Waals surface area contributed by atoms with Crippen LogP contribution < -0.4 is 11.1 Å². The molecule has 0 saturated carbocycles. The summed E-state index contributed by atoms with van der Waals surface area (Å²) in [7, 11) is 1.26. The number of amides is 2. The first-order valence-electron chi connectivity index (χ1n) is 7.53. The molecule has 3 rings (SSSR count). The van der Waals surface area contributed by atoms with Crippen LogP contribution in [0.2, 0.25) is 0 Å². The van der Waals surface area contributed by atoms with Gasteiger partial charge in [0, 0.05) is 55.2 Å². The van der Waals surface area contributed by atoms with Gasteiger partial charge < -0.3 is 26.1 Å². The second kappa shape index (κ2) is 9.53. The molecule has 2 aliphatic heterocycles. The molecule has 0 aromatic carbocycles. The van der Waals surface area contributed by atoms with Crippen LogP contribution in [0.5, 0.6) is 0 Å². The van der Waals surface area contributed by atoms with Gasteiger partial charge in [0.1, 0.15) is 29.9 Å². The van der Waals surface area contributed by atoms with E-state index in [0.717, 1.165) is 16.2 Å². The Balaban J connectivity index is 0.00000280. The van der Waals surface area contributed by atoms with Crippen molar-refractivity contribution in [1.29, 1.82) is 0 Å². The Hall–Kier alpha value is -1.20. The van der Waals surface area contributed by atoms with Crippen LogP contribution in [-0.2, 0) is 19.2 Å². The monoisotopic (exact) mass is 640 g/mol. The molecule has 0 spiro atoms. The molecule has 1 aromatic heterocycles. The van der Waals surface area contributed by atoms with Crippen molar-refractivity contribution >= 4 is 51.7 Å². The molecule has 2 amide bonds. The molecule has 1 saturated heterocycles. The van der Waals surface area contributed by atoms with Crippen LogP contribution in [-0.4, -0.2) is 74.5 Å². The Morgan fingerprint density at radius 2 is 2.25 bits per heavy atom. The number of aromatic nitrogens is 1. The quantitative estimate of drug-likeness (QED) is 0.170. The van der Waals surface area contributed by atoms with Crippen LogP contribution in [0.15, 0.2) is 21.8 Å². The number of carbonyl (C=O) groups excluding carboxylic acids is 2. The number of aliphatic hydroxyl groups is 1. The van der Waals surface area contributed by atoms with Gasteiger partial charge in [0.2, 0.25) is 0 Å². The Bertz CT molecular complexity index is 872. The molecule has 2 atom stereocenters. The van der Waals surface area contributed by atoms with Crippen molar-refractivity contribution in [3.8, 4) is 0 Å². The molecular weight excluding hydrogens is 625 g/mol. The number of nitrogens with one attached hydrogen (secondary N) is 1. The Labute approximate surface area is 202 Å². The van der Waals surface area contributed by atoms with E-state index in [1.54, 1.807) is 0 Å². The number of carboxylic acids is 1. The first-order chi connectivity index (χ1) is 12.9. The van der Waals surface area contributed by atoms with E-state index in [-0.39, 0.29) is 77.6 Å². The number of fused-ring (bicyclic) bond motifs is 1. The molecular formula is C14H15AcN5O6S2. The predicted octanol–water partition coefficient (Wildman–Crippen LogP) is -1.19. The zero-order valence-electron chi connectivity index (χ0n) is 14.5. The number of carboxylic acid groups (broad SMARTS) is 1. The van der Waals surface area contributed by atoms with Crippen LogP contribution in [0.3, 0.4) is 0 Å². The zero-order valence-corrected chi connectivity index (χ0v) is 20.9. The summed E-state index contributed by atoms with van der Waals surface area (Å²) in [6.07, 6.45) is 0. The summed E-state index contributed by atoms with van der Waals surface area (Å²) in [6.45, 7) is -0.460. The fourth-order valence-electron chi connectivity index (χ4n) is 2.71. The van der Waals surface area contributed by atoms with Crippen molar-refractivity contribution in [2.45, 2.75) is 11.4 Å². The number of rotatable bonds is 6. The average molecular weight is 640 g/mol. The summed E-state index contributed by atoms with van der Waals surface area (Å²) in [5.74, 6) is -2.35. The molecule has 2 unspecified atom stereocenters. The second-order valence-corrected chi connectivity index (χ2v) is 7.46. The van der Waals surface area contributed by atoms with E-state index in [1.165, 1.54) is 24.3 Å². The average Bonchev–Trinajstić information content (AvgIpc) is 3.08.